The third-order valence-electron chi connectivity index (χ3n) is 2.61. The molecule has 0 saturated heterocycles. The maximum Gasteiger partial charge on any atom is 0.505 e. The first-order chi connectivity index (χ1) is 8.08. The van der Waals surface area contributed by atoms with Gasteiger partial charge in [-0.2, -0.15) is 0 Å². The Morgan fingerprint density at radius 1 is 1.29 bits per heavy atom. The predicted octanol–water partition coefficient (Wildman–Crippen LogP) is 2.68. The zero-order valence-corrected chi connectivity index (χ0v) is 10.2. The van der Waals surface area contributed by atoms with E-state index in [9.17, 15) is 4.79 Å². The maximum atomic E-state index is 10.5. The lowest BCUT2D eigenvalue weighted by Crippen LogP contribution is -2.34. The zero-order chi connectivity index (χ0) is 12.7. The summed E-state index contributed by atoms with van der Waals surface area (Å²) in [5.41, 5.74) is 0.560. The van der Waals surface area contributed by atoms with Gasteiger partial charge in [0.25, 0.3) is 0 Å². The van der Waals surface area contributed by atoms with Gasteiger partial charge in [0.05, 0.1) is 12.0 Å². The third kappa shape index (κ3) is 4.07. The number of benzene rings is 1. The minimum Gasteiger partial charge on any atom is -0.450 e. The molecule has 4 nitrogen and oxygen atoms in total. The van der Waals surface area contributed by atoms with Gasteiger partial charge in [-0.3, -0.25) is 0 Å². The molecule has 17 heavy (non-hydrogen) atoms. The van der Waals surface area contributed by atoms with E-state index in [0.29, 0.717) is 13.2 Å². The van der Waals surface area contributed by atoms with Crippen molar-refractivity contribution in [1.82, 2.24) is 0 Å². The van der Waals surface area contributed by atoms with E-state index in [1.165, 1.54) is 0 Å². The van der Waals surface area contributed by atoms with Crippen molar-refractivity contribution < 1.29 is 19.4 Å². The van der Waals surface area contributed by atoms with Gasteiger partial charge in [-0.25, -0.2) is 4.79 Å². The van der Waals surface area contributed by atoms with Gasteiger partial charge < -0.3 is 14.6 Å². The largest absolute Gasteiger partial charge is 0.505 e. The molecule has 4 heteroatoms. The summed E-state index contributed by atoms with van der Waals surface area (Å²) in [6.45, 7) is 4.95. The SMILES string of the molecule is CCOCC(C)(COC(=O)O)c1ccccc1. The molecule has 1 aromatic carbocycles. The van der Waals surface area contributed by atoms with E-state index >= 15 is 0 Å². The van der Waals surface area contributed by atoms with E-state index in [1.807, 2.05) is 44.2 Å². The average molecular weight is 238 g/mol. The van der Waals surface area contributed by atoms with Gasteiger partial charge in [-0.15, -0.1) is 0 Å². The van der Waals surface area contributed by atoms with Gasteiger partial charge in [-0.05, 0) is 19.4 Å². The maximum absolute atomic E-state index is 10.5. The first-order valence-electron chi connectivity index (χ1n) is 5.57. The summed E-state index contributed by atoms with van der Waals surface area (Å²) in [6.07, 6.45) is -1.26. The van der Waals surface area contributed by atoms with E-state index < -0.39 is 11.6 Å². The van der Waals surface area contributed by atoms with Gasteiger partial charge in [0.1, 0.15) is 6.61 Å². The number of carbonyl (C=O) groups is 1. The van der Waals surface area contributed by atoms with Gasteiger partial charge in [0, 0.05) is 6.61 Å². The number of hydrogen-bond donors (Lipinski definition) is 1. The van der Waals surface area contributed by atoms with E-state index in [2.05, 4.69) is 0 Å². The summed E-state index contributed by atoms with van der Waals surface area (Å²) in [6, 6.07) is 9.65. The Balaban J connectivity index is 2.81. The van der Waals surface area contributed by atoms with Crippen molar-refractivity contribution in [2.24, 2.45) is 0 Å². The highest BCUT2D eigenvalue weighted by atomic mass is 16.7. The second-order valence-electron chi connectivity index (χ2n) is 4.12. The molecule has 1 aromatic rings. The van der Waals surface area contributed by atoms with Crippen LogP contribution in [0.3, 0.4) is 0 Å². The monoisotopic (exact) mass is 238 g/mol. The molecular formula is C13H18O4. The Hall–Kier alpha value is -1.55. The molecule has 0 amide bonds. The highest BCUT2D eigenvalue weighted by molar-refractivity contribution is 5.57. The summed E-state index contributed by atoms with van der Waals surface area (Å²) < 4.78 is 10.1. The molecule has 0 heterocycles. The molecule has 0 radical (unpaired) electrons. The summed E-state index contributed by atoms with van der Waals surface area (Å²) in [7, 11) is 0. The van der Waals surface area contributed by atoms with Crippen LogP contribution in [-0.2, 0) is 14.9 Å². The minimum absolute atomic E-state index is 0.0896. The van der Waals surface area contributed by atoms with E-state index in [1.54, 1.807) is 0 Å². The molecule has 0 aliphatic carbocycles. The Labute approximate surface area is 101 Å². The molecule has 0 aliphatic rings. The Kier molecular flexibility index (Phi) is 4.97. The Bertz CT molecular complexity index is 350. The number of carboxylic acid groups (broad SMARTS) is 1. The number of rotatable bonds is 6. The van der Waals surface area contributed by atoms with Crippen molar-refractivity contribution in [1.29, 1.82) is 0 Å². The highest BCUT2D eigenvalue weighted by Crippen LogP contribution is 2.24. The van der Waals surface area contributed by atoms with Crippen LogP contribution in [0, 0.1) is 0 Å². The van der Waals surface area contributed by atoms with Crippen LogP contribution in [0.1, 0.15) is 19.4 Å². The van der Waals surface area contributed by atoms with E-state index in [-0.39, 0.29) is 6.61 Å². The predicted molar refractivity (Wildman–Crippen MR) is 64.3 cm³/mol. The van der Waals surface area contributed by atoms with Crippen LogP contribution in [-0.4, -0.2) is 31.1 Å². The molecule has 1 rings (SSSR count). The van der Waals surface area contributed by atoms with Crippen LogP contribution in [0.4, 0.5) is 4.79 Å². The van der Waals surface area contributed by atoms with E-state index in [0.717, 1.165) is 5.56 Å². The van der Waals surface area contributed by atoms with Crippen LogP contribution in [0.25, 0.3) is 0 Å². The lowest BCUT2D eigenvalue weighted by molar-refractivity contribution is 0.0342. The van der Waals surface area contributed by atoms with Crippen molar-refractivity contribution in [3.05, 3.63) is 35.9 Å². The molecule has 1 N–H and O–H groups in total. The first-order valence-corrected chi connectivity index (χ1v) is 5.57. The fourth-order valence-electron chi connectivity index (χ4n) is 1.60. The minimum atomic E-state index is -1.26. The molecular weight excluding hydrogens is 220 g/mol. The molecule has 0 aliphatic heterocycles. The topological polar surface area (TPSA) is 55.8 Å². The van der Waals surface area contributed by atoms with Crippen LogP contribution < -0.4 is 0 Å². The molecule has 0 spiro atoms. The molecule has 1 atom stereocenters. The standard InChI is InChI=1S/C13H18O4/c1-3-16-9-13(2,10-17-12(14)15)11-7-5-4-6-8-11/h4-8H,3,9-10H2,1-2H3,(H,14,15). The third-order valence-corrected chi connectivity index (χ3v) is 2.61. The molecule has 1 unspecified atom stereocenters. The second kappa shape index (κ2) is 6.25. The van der Waals surface area contributed by atoms with Gasteiger partial charge in [0.2, 0.25) is 0 Å². The average Bonchev–Trinajstić information content (AvgIpc) is 2.35. The fourth-order valence-corrected chi connectivity index (χ4v) is 1.60. The van der Waals surface area contributed by atoms with E-state index in [4.69, 9.17) is 14.6 Å². The van der Waals surface area contributed by atoms with Crippen LogP contribution in [0.2, 0.25) is 0 Å². The van der Waals surface area contributed by atoms with Crippen molar-refractivity contribution in [3.63, 3.8) is 0 Å². The van der Waals surface area contributed by atoms with Crippen molar-refractivity contribution in [3.8, 4) is 0 Å². The van der Waals surface area contributed by atoms with Gasteiger partial charge in [-0.1, -0.05) is 30.3 Å². The van der Waals surface area contributed by atoms with Crippen LogP contribution >= 0.6 is 0 Å². The quantitative estimate of drug-likeness (QED) is 0.774. The smallest absolute Gasteiger partial charge is 0.450 e. The zero-order valence-electron chi connectivity index (χ0n) is 10.2. The Morgan fingerprint density at radius 3 is 2.47 bits per heavy atom. The normalized spacial score (nSPS) is 14.0. The summed E-state index contributed by atoms with van der Waals surface area (Å²) in [5, 5.41) is 8.59. The Morgan fingerprint density at radius 2 is 1.94 bits per heavy atom. The second-order valence-corrected chi connectivity index (χ2v) is 4.12. The molecule has 94 valence electrons. The van der Waals surface area contributed by atoms with Crippen molar-refractivity contribution in [2.75, 3.05) is 19.8 Å². The number of hydrogen-bond acceptors (Lipinski definition) is 3. The van der Waals surface area contributed by atoms with Crippen LogP contribution in [0.15, 0.2) is 30.3 Å². The molecule has 0 saturated carbocycles. The number of ether oxygens (including phenoxy) is 2. The van der Waals surface area contributed by atoms with Gasteiger partial charge in [0.15, 0.2) is 0 Å². The fraction of sp³-hybridized carbons (Fsp3) is 0.462. The lowest BCUT2D eigenvalue weighted by atomic mass is 9.84. The van der Waals surface area contributed by atoms with Crippen molar-refractivity contribution >= 4 is 6.16 Å². The molecule has 0 bridgehead atoms. The first kappa shape index (κ1) is 13.5. The van der Waals surface area contributed by atoms with Gasteiger partial charge >= 0.3 is 6.16 Å². The van der Waals surface area contributed by atoms with Crippen LogP contribution in [0.5, 0.6) is 0 Å². The summed E-state index contributed by atoms with van der Waals surface area (Å²) in [5.74, 6) is 0. The molecule has 0 fully saturated rings. The molecule has 0 aromatic heterocycles. The lowest BCUT2D eigenvalue weighted by Gasteiger charge is -2.28. The van der Waals surface area contributed by atoms with Crippen molar-refractivity contribution in [2.45, 2.75) is 19.3 Å². The summed E-state index contributed by atoms with van der Waals surface area (Å²) in [4.78, 5) is 10.5. The highest BCUT2D eigenvalue weighted by Gasteiger charge is 2.28. The summed E-state index contributed by atoms with van der Waals surface area (Å²) >= 11 is 0.